The lowest BCUT2D eigenvalue weighted by Gasteiger charge is -2.10. The van der Waals surface area contributed by atoms with Crippen LogP contribution in [0.25, 0.3) is 11.6 Å². The molecule has 0 aliphatic carbocycles. The van der Waals surface area contributed by atoms with Crippen molar-refractivity contribution in [2.24, 2.45) is 0 Å². The quantitative estimate of drug-likeness (QED) is 0.920. The molecule has 2 aromatic rings. The van der Waals surface area contributed by atoms with Crippen LogP contribution in [-0.2, 0) is 0 Å². The first-order valence-corrected chi connectivity index (χ1v) is 5.99. The smallest absolute Gasteiger partial charge is 0.200 e. The fourth-order valence-corrected chi connectivity index (χ4v) is 2.01. The SMILES string of the molecule is CC(C)c1nc(-c2ncccn2)nc(N)c1Br. The van der Waals surface area contributed by atoms with Gasteiger partial charge in [-0.05, 0) is 27.9 Å². The molecular weight excluding hydrogens is 282 g/mol. The third-order valence-electron chi connectivity index (χ3n) is 2.22. The number of nitrogens with zero attached hydrogens (tertiary/aromatic N) is 4. The summed E-state index contributed by atoms with van der Waals surface area (Å²) in [4.78, 5) is 16.8. The number of anilines is 1. The molecule has 0 atom stereocenters. The van der Waals surface area contributed by atoms with E-state index in [4.69, 9.17) is 5.73 Å². The predicted octanol–water partition coefficient (Wildman–Crippen LogP) is 2.40. The highest BCUT2D eigenvalue weighted by Gasteiger charge is 2.15. The summed E-state index contributed by atoms with van der Waals surface area (Å²) in [5.41, 5.74) is 6.70. The summed E-state index contributed by atoms with van der Waals surface area (Å²) in [6.07, 6.45) is 3.30. The molecule has 88 valence electrons. The molecule has 0 saturated heterocycles. The predicted molar refractivity (Wildman–Crippen MR) is 69.3 cm³/mol. The van der Waals surface area contributed by atoms with Crippen LogP contribution in [0.4, 0.5) is 5.82 Å². The minimum absolute atomic E-state index is 0.247. The summed E-state index contributed by atoms with van der Waals surface area (Å²) in [7, 11) is 0. The summed E-state index contributed by atoms with van der Waals surface area (Å²) < 4.78 is 0.743. The number of aromatic nitrogens is 4. The van der Waals surface area contributed by atoms with Crippen LogP contribution in [-0.4, -0.2) is 19.9 Å². The third-order valence-corrected chi connectivity index (χ3v) is 3.03. The van der Waals surface area contributed by atoms with Crippen LogP contribution < -0.4 is 5.73 Å². The van der Waals surface area contributed by atoms with Gasteiger partial charge in [0.05, 0.1) is 10.2 Å². The fourth-order valence-electron chi connectivity index (χ4n) is 1.38. The molecule has 17 heavy (non-hydrogen) atoms. The summed E-state index contributed by atoms with van der Waals surface area (Å²) in [6, 6.07) is 1.75. The van der Waals surface area contributed by atoms with E-state index in [0.717, 1.165) is 10.2 Å². The van der Waals surface area contributed by atoms with Crippen molar-refractivity contribution < 1.29 is 0 Å². The maximum Gasteiger partial charge on any atom is 0.200 e. The molecule has 0 bridgehead atoms. The highest BCUT2D eigenvalue weighted by atomic mass is 79.9. The first kappa shape index (κ1) is 11.9. The van der Waals surface area contributed by atoms with Gasteiger partial charge in [-0.2, -0.15) is 0 Å². The summed E-state index contributed by atoms with van der Waals surface area (Å²) in [5.74, 6) is 1.59. The summed E-state index contributed by atoms with van der Waals surface area (Å²) >= 11 is 3.40. The Balaban J connectivity index is 2.57. The molecule has 0 amide bonds. The number of rotatable bonds is 2. The Kier molecular flexibility index (Phi) is 3.33. The number of hydrogen-bond donors (Lipinski definition) is 1. The van der Waals surface area contributed by atoms with E-state index in [2.05, 4.69) is 35.9 Å². The van der Waals surface area contributed by atoms with Gasteiger partial charge >= 0.3 is 0 Å². The molecule has 2 heterocycles. The van der Waals surface area contributed by atoms with Gasteiger partial charge < -0.3 is 5.73 Å². The molecule has 0 aliphatic heterocycles. The number of nitrogen functional groups attached to an aromatic ring is 1. The molecule has 0 unspecified atom stereocenters. The lowest BCUT2D eigenvalue weighted by molar-refractivity contribution is 0.808. The number of nitrogens with two attached hydrogens (primary N) is 1. The van der Waals surface area contributed by atoms with Gasteiger partial charge in [-0.3, -0.25) is 0 Å². The monoisotopic (exact) mass is 293 g/mol. The Bertz CT molecular complexity index is 527. The molecule has 5 nitrogen and oxygen atoms in total. The molecule has 0 saturated carbocycles. The van der Waals surface area contributed by atoms with Gasteiger partial charge in [0.2, 0.25) is 0 Å². The van der Waals surface area contributed by atoms with Gasteiger partial charge in [0.1, 0.15) is 5.82 Å². The minimum atomic E-state index is 0.247. The van der Waals surface area contributed by atoms with Gasteiger partial charge in [-0.25, -0.2) is 19.9 Å². The molecule has 6 heteroatoms. The second kappa shape index (κ2) is 4.75. The molecule has 0 fully saturated rings. The average Bonchev–Trinajstić information content (AvgIpc) is 2.33. The highest BCUT2D eigenvalue weighted by Crippen LogP contribution is 2.28. The van der Waals surface area contributed by atoms with Crippen molar-refractivity contribution in [2.75, 3.05) is 5.73 Å². The van der Waals surface area contributed by atoms with Crippen molar-refractivity contribution in [1.29, 1.82) is 0 Å². The summed E-state index contributed by atoms with van der Waals surface area (Å²) in [6.45, 7) is 4.09. The van der Waals surface area contributed by atoms with Crippen LogP contribution in [0.15, 0.2) is 22.9 Å². The lowest BCUT2D eigenvalue weighted by atomic mass is 10.1. The van der Waals surface area contributed by atoms with Crippen molar-refractivity contribution in [1.82, 2.24) is 19.9 Å². The van der Waals surface area contributed by atoms with Gasteiger partial charge in [0, 0.05) is 12.4 Å². The number of hydrogen-bond acceptors (Lipinski definition) is 5. The Morgan fingerprint density at radius 3 is 2.35 bits per heavy atom. The van der Waals surface area contributed by atoms with E-state index in [1.54, 1.807) is 18.5 Å². The normalized spacial score (nSPS) is 10.8. The zero-order valence-electron chi connectivity index (χ0n) is 9.55. The number of halogens is 1. The molecular formula is C11H12BrN5. The molecule has 0 spiro atoms. The molecule has 0 aliphatic rings. The van der Waals surface area contributed by atoms with Gasteiger partial charge in [0.15, 0.2) is 11.6 Å². The van der Waals surface area contributed by atoms with E-state index in [1.807, 2.05) is 13.8 Å². The fraction of sp³-hybridized carbons (Fsp3) is 0.273. The maximum atomic E-state index is 5.84. The highest BCUT2D eigenvalue weighted by molar-refractivity contribution is 9.10. The van der Waals surface area contributed by atoms with Crippen LogP contribution in [0.5, 0.6) is 0 Å². The van der Waals surface area contributed by atoms with Gasteiger partial charge in [-0.1, -0.05) is 13.8 Å². The molecule has 2 N–H and O–H groups in total. The van der Waals surface area contributed by atoms with E-state index in [9.17, 15) is 0 Å². The standard InChI is InChI=1S/C11H12BrN5/c1-6(2)8-7(12)9(13)17-11(16-8)10-14-4-3-5-15-10/h3-6H,1-2H3,(H2,13,16,17). The van der Waals surface area contributed by atoms with E-state index < -0.39 is 0 Å². The Morgan fingerprint density at radius 1 is 1.12 bits per heavy atom. The second-order valence-electron chi connectivity index (χ2n) is 3.86. The van der Waals surface area contributed by atoms with E-state index in [-0.39, 0.29) is 5.92 Å². The Morgan fingerprint density at radius 2 is 1.76 bits per heavy atom. The average molecular weight is 294 g/mol. The largest absolute Gasteiger partial charge is 0.383 e. The van der Waals surface area contributed by atoms with E-state index >= 15 is 0 Å². The van der Waals surface area contributed by atoms with Crippen LogP contribution >= 0.6 is 15.9 Å². The van der Waals surface area contributed by atoms with Crippen LogP contribution in [0.1, 0.15) is 25.5 Å². The van der Waals surface area contributed by atoms with Gasteiger partial charge in [0.25, 0.3) is 0 Å². The van der Waals surface area contributed by atoms with Crippen molar-refractivity contribution in [3.63, 3.8) is 0 Å². The van der Waals surface area contributed by atoms with Gasteiger partial charge in [-0.15, -0.1) is 0 Å². The zero-order valence-corrected chi connectivity index (χ0v) is 11.1. The lowest BCUT2D eigenvalue weighted by Crippen LogP contribution is -2.05. The van der Waals surface area contributed by atoms with Crippen LogP contribution in [0.3, 0.4) is 0 Å². The zero-order chi connectivity index (χ0) is 12.4. The van der Waals surface area contributed by atoms with Crippen molar-refractivity contribution in [3.05, 3.63) is 28.6 Å². The van der Waals surface area contributed by atoms with Crippen molar-refractivity contribution >= 4 is 21.7 Å². The summed E-state index contributed by atoms with van der Waals surface area (Å²) in [5, 5.41) is 0. The third kappa shape index (κ3) is 2.41. The molecule has 0 aromatic carbocycles. The molecule has 2 rings (SSSR count). The second-order valence-corrected chi connectivity index (χ2v) is 4.65. The first-order chi connectivity index (χ1) is 8.09. The molecule has 0 radical (unpaired) electrons. The van der Waals surface area contributed by atoms with Crippen LogP contribution in [0, 0.1) is 0 Å². The maximum absolute atomic E-state index is 5.84. The van der Waals surface area contributed by atoms with Crippen molar-refractivity contribution in [2.45, 2.75) is 19.8 Å². The Labute approximate surface area is 108 Å². The molecule has 2 aromatic heterocycles. The minimum Gasteiger partial charge on any atom is -0.383 e. The topological polar surface area (TPSA) is 77.6 Å². The Hall–Kier alpha value is -1.56. The van der Waals surface area contributed by atoms with Crippen molar-refractivity contribution in [3.8, 4) is 11.6 Å². The van der Waals surface area contributed by atoms with Crippen LogP contribution in [0.2, 0.25) is 0 Å². The van der Waals surface area contributed by atoms with E-state index in [0.29, 0.717) is 17.5 Å². The first-order valence-electron chi connectivity index (χ1n) is 5.20. The van der Waals surface area contributed by atoms with E-state index in [1.165, 1.54) is 0 Å².